The van der Waals surface area contributed by atoms with Crippen molar-refractivity contribution in [1.82, 2.24) is 4.31 Å². The fourth-order valence-corrected chi connectivity index (χ4v) is 5.37. The highest BCUT2D eigenvalue weighted by Crippen LogP contribution is 2.27. The zero-order valence-electron chi connectivity index (χ0n) is 16.4. The van der Waals surface area contributed by atoms with Gasteiger partial charge in [0, 0.05) is 18.8 Å². The highest BCUT2D eigenvalue weighted by molar-refractivity contribution is 7.89. The third-order valence-corrected chi connectivity index (χ3v) is 6.78. The molecular weight excluding hydrogens is 376 g/mol. The summed E-state index contributed by atoms with van der Waals surface area (Å²) in [6, 6.07) is 13.2. The number of nitrogens with zero attached hydrogens (tertiary/aromatic N) is 1. The Kier molecular flexibility index (Phi) is 6.05. The summed E-state index contributed by atoms with van der Waals surface area (Å²) >= 11 is 0. The van der Waals surface area contributed by atoms with Crippen LogP contribution in [0.25, 0.3) is 0 Å². The molecule has 1 heterocycles. The number of carbonyl (C=O) groups excluding carboxylic acids is 1. The average Bonchev–Trinajstić information content (AvgIpc) is 2.67. The lowest BCUT2D eigenvalue weighted by atomic mass is 9.94. The predicted octanol–water partition coefficient (Wildman–Crippen LogP) is 3.61. The van der Waals surface area contributed by atoms with Crippen molar-refractivity contribution in [3.8, 4) is 5.75 Å². The van der Waals surface area contributed by atoms with Crippen molar-refractivity contribution in [3.05, 3.63) is 54.1 Å². The summed E-state index contributed by atoms with van der Waals surface area (Å²) in [5.74, 6) is 0.857. The van der Waals surface area contributed by atoms with Crippen LogP contribution in [0.3, 0.4) is 0 Å². The monoisotopic (exact) mass is 402 g/mol. The molecule has 2 atom stereocenters. The Morgan fingerprint density at radius 3 is 2.25 bits per heavy atom. The van der Waals surface area contributed by atoms with E-state index in [1.165, 1.54) is 19.2 Å². The summed E-state index contributed by atoms with van der Waals surface area (Å²) in [6.07, 6.45) is 1.04. The number of hydrogen-bond donors (Lipinski definition) is 1. The highest BCUT2D eigenvalue weighted by atomic mass is 32.2. The topological polar surface area (TPSA) is 75.7 Å². The Morgan fingerprint density at radius 2 is 1.64 bits per heavy atom. The number of anilines is 1. The van der Waals surface area contributed by atoms with Crippen molar-refractivity contribution in [1.29, 1.82) is 0 Å². The Labute approximate surface area is 166 Å². The van der Waals surface area contributed by atoms with E-state index in [0.29, 0.717) is 41.9 Å². The van der Waals surface area contributed by atoms with Gasteiger partial charge in [0.05, 0.1) is 17.6 Å². The molecule has 6 nitrogen and oxygen atoms in total. The number of methoxy groups -OCH3 is 1. The highest BCUT2D eigenvalue weighted by Gasteiger charge is 2.31. The molecule has 28 heavy (non-hydrogen) atoms. The van der Waals surface area contributed by atoms with Gasteiger partial charge in [-0.25, -0.2) is 8.42 Å². The Bertz CT molecular complexity index is 931. The Hall–Kier alpha value is -2.38. The van der Waals surface area contributed by atoms with Crippen LogP contribution < -0.4 is 10.1 Å². The fraction of sp³-hybridized carbons (Fsp3) is 0.381. The molecule has 1 N–H and O–H groups in total. The molecule has 1 saturated heterocycles. The number of ether oxygens (including phenoxy) is 1. The maximum atomic E-state index is 12.9. The molecular formula is C21H26N2O4S. The number of amides is 1. The average molecular weight is 403 g/mol. The second kappa shape index (κ2) is 8.32. The van der Waals surface area contributed by atoms with Crippen molar-refractivity contribution in [2.45, 2.75) is 25.2 Å². The molecule has 2 aromatic rings. The van der Waals surface area contributed by atoms with Gasteiger partial charge < -0.3 is 10.1 Å². The maximum absolute atomic E-state index is 12.9. The minimum atomic E-state index is -3.54. The molecule has 0 aliphatic carbocycles. The molecule has 1 fully saturated rings. The normalized spacial score (nSPS) is 20.5. The molecule has 2 aromatic carbocycles. The lowest BCUT2D eigenvalue weighted by molar-refractivity contribution is 0.102. The fourth-order valence-electron chi connectivity index (χ4n) is 3.69. The molecule has 1 aliphatic heterocycles. The SMILES string of the molecule is COc1ccccc1C(=O)Nc1ccc(S(=O)(=O)N2C[C@H](C)C[C@H](C)C2)cc1. The first-order chi connectivity index (χ1) is 13.3. The summed E-state index contributed by atoms with van der Waals surface area (Å²) < 4.78 is 32.6. The lowest BCUT2D eigenvalue weighted by Crippen LogP contribution is -2.42. The molecule has 150 valence electrons. The Balaban J connectivity index is 1.75. The van der Waals surface area contributed by atoms with Crippen LogP contribution in [0.1, 0.15) is 30.6 Å². The van der Waals surface area contributed by atoms with Crippen molar-refractivity contribution >= 4 is 21.6 Å². The van der Waals surface area contributed by atoms with Gasteiger partial charge in [0.2, 0.25) is 10.0 Å². The number of nitrogens with one attached hydrogen (secondary N) is 1. The zero-order chi connectivity index (χ0) is 20.3. The number of piperidine rings is 1. The number of para-hydroxylation sites is 1. The molecule has 3 rings (SSSR count). The third kappa shape index (κ3) is 4.36. The molecule has 0 unspecified atom stereocenters. The lowest BCUT2D eigenvalue weighted by Gasteiger charge is -2.34. The van der Waals surface area contributed by atoms with Gasteiger partial charge >= 0.3 is 0 Å². The number of rotatable bonds is 5. The molecule has 1 aliphatic rings. The largest absolute Gasteiger partial charge is 0.496 e. The van der Waals surface area contributed by atoms with Crippen LogP contribution in [-0.4, -0.2) is 38.8 Å². The Morgan fingerprint density at radius 1 is 1.04 bits per heavy atom. The van der Waals surface area contributed by atoms with E-state index in [1.54, 1.807) is 40.7 Å². The van der Waals surface area contributed by atoms with Crippen molar-refractivity contribution in [3.63, 3.8) is 0 Å². The molecule has 0 aromatic heterocycles. The van der Waals surface area contributed by atoms with Crippen molar-refractivity contribution < 1.29 is 17.9 Å². The van der Waals surface area contributed by atoms with E-state index >= 15 is 0 Å². The second-order valence-corrected chi connectivity index (χ2v) is 9.38. The van der Waals surface area contributed by atoms with E-state index in [-0.39, 0.29) is 10.8 Å². The van der Waals surface area contributed by atoms with Crippen LogP contribution >= 0.6 is 0 Å². The number of hydrogen-bond acceptors (Lipinski definition) is 4. The molecule has 7 heteroatoms. The summed E-state index contributed by atoms with van der Waals surface area (Å²) in [4.78, 5) is 12.7. The standard InChI is InChI=1S/C21H26N2O4S/c1-15-12-16(2)14-23(13-15)28(25,26)18-10-8-17(9-11-18)22-21(24)19-6-4-5-7-20(19)27-3/h4-11,15-16H,12-14H2,1-3H3,(H,22,24)/t15-,16+. The van der Waals surface area contributed by atoms with Gasteiger partial charge in [0.15, 0.2) is 0 Å². The van der Waals surface area contributed by atoms with E-state index in [1.807, 2.05) is 0 Å². The second-order valence-electron chi connectivity index (χ2n) is 7.45. The summed E-state index contributed by atoms with van der Waals surface area (Å²) in [7, 11) is -2.03. The van der Waals surface area contributed by atoms with Gasteiger partial charge in [-0.05, 0) is 54.7 Å². The van der Waals surface area contributed by atoms with E-state index in [0.717, 1.165) is 6.42 Å². The van der Waals surface area contributed by atoms with Crippen LogP contribution in [0, 0.1) is 11.8 Å². The van der Waals surface area contributed by atoms with Gasteiger partial charge in [-0.15, -0.1) is 0 Å². The van der Waals surface area contributed by atoms with Gasteiger partial charge in [-0.1, -0.05) is 26.0 Å². The first kappa shape index (κ1) is 20.4. The van der Waals surface area contributed by atoms with E-state index in [9.17, 15) is 13.2 Å². The van der Waals surface area contributed by atoms with Crippen LogP contribution in [0.4, 0.5) is 5.69 Å². The molecule has 0 radical (unpaired) electrons. The minimum Gasteiger partial charge on any atom is -0.496 e. The molecule has 0 saturated carbocycles. The van der Waals surface area contributed by atoms with Gasteiger partial charge in [0.1, 0.15) is 5.75 Å². The first-order valence-electron chi connectivity index (χ1n) is 9.36. The number of sulfonamides is 1. The summed E-state index contributed by atoms with van der Waals surface area (Å²) in [6.45, 7) is 5.24. The number of carbonyl (C=O) groups is 1. The maximum Gasteiger partial charge on any atom is 0.259 e. The van der Waals surface area contributed by atoms with E-state index in [4.69, 9.17) is 4.74 Å². The molecule has 0 spiro atoms. The van der Waals surface area contributed by atoms with Crippen LogP contribution in [0.2, 0.25) is 0 Å². The molecule has 0 bridgehead atoms. The van der Waals surface area contributed by atoms with E-state index < -0.39 is 10.0 Å². The van der Waals surface area contributed by atoms with Gasteiger partial charge in [-0.3, -0.25) is 4.79 Å². The van der Waals surface area contributed by atoms with Crippen LogP contribution in [0.5, 0.6) is 5.75 Å². The third-order valence-electron chi connectivity index (χ3n) is 4.94. The number of benzene rings is 2. The van der Waals surface area contributed by atoms with Crippen molar-refractivity contribution in [2.75, 3.05) is 25.5 Å². The predicted molar refractivity (Wildman–Crippen MR) is 109 cm³/mol. The van der Waals surface area contributed by atoms with Crippen LogP contribution in [-0.2, 0) is 10.0 Å². The van der Waals surface area contributed by atoms with Gasteiger partial charge in [-0.2, -0.15) is 4.31 Å². The molecule has 1 amide bonds. The van der Waals surface area contributed by atoms with E-state index in [2.05, 4.69) is 19.2 Å². The van der Waals surface area contributed by atoms with Crippen LogP contribution in [0.15, 0.2) is 53.4 Å². The smallest absolute Gasteiger partial charge is 0.259 e. The van der Waals surface area contributed by atoms with Gasteiger partial charge in [0.25, 0.3) is 5.91 Å². The summed E-state index contributed by atoms with van der Waals surface area (Å²) in [5.41, 5.74) is 0.938. The quantitative estimate of drug-likeness (QED) is 0.829. The first-order valence-corrected chi connectivity index (χ1v) is 10.8. The summed E-state index contributed by atoms with van der Waals surface area (Å²) in [5, 5.41) is 2.78. The zero-order valence-corrected chi connectivity index (χ0v) is 17.2. The van der Waals surface area contributed by atoms with Crippen molar-refractivity contribution in [2.24, 2.45) is 11.8 Å². The minimum absolute atomic E-state index is 0.240.